The van der Waals surface area contributed by atoms with E-state index in [0.29, 0.717) is 12.3 Å². The average molecular weight is 340 g/mol. The van der Waals surface area contributed by atoms with Gasteiger partial charge in [0.1, 0.15) is 5.75 Å². The van der Waals surface area contributed by atoms with Crippen LogP contribution in [0.15, 0.2) is 42.5 Å². The molecule has 0 aliphatic carbocycles. The molecular formula is C21H28N2O2. The first-order chi connectivity index (χ1) is 11.8. The van der Waals surface area contributed by atoms with Crippen molar-refractivity contribution >= 4 is 17.3 Å². The molecule has 0 atom stereocenters. The molecule has 0 aliphatic heterocycles. The summed E-state index contributed by atoms with van der Waals surface area (Å²) in [6, 6.07) is 13.4. The number of nitrogens with one attached hydrogen (secondary N) is 1. The van der Waals surface area contributed by atoms with Crippen molar-refractivity contribution in [2.24, 2.45) is 5.41 Å². The second-order valence-electron chi connectivity index (χ2n) is 7.18. The maximum absolute atomic E-state index is 12.5. The van der Waals surface area contributed by atoms with E-state index >= 15 is 0 Å². The number of amides is 1. The van der Waals surface area contributed by atoms with Gasteiger partial charge in [-0.25, -0.2) is 0 Å². The molecule has 0 fully saturated rings. The van der Waals surface area contributed by atoms with Crippen molar-refractivity contribution in [3.05, 3.63) is 53.6 Å². The number of carbonyl (C=O) groups is 1. The summed E-state index contributed by atoms with van der Waals surface area (Å²) in [5, 5.41) is 2.95. The summed E-state index contributed by atoms with van der Waals surface area (Å²) in [5.74, 6) is 0.924. The maximum atomic E-state index is 12.5. The van der Waals surface area contributed by atoms with Gasteiger partial charge in [-0.3, -0.25) is 4.79 Å². The SMILES string of the molecule is Cc1ccc(C)c(OCCCC(C)(C)C(=O)Nc2ccc(N)cc2)c1. The van der Waals surface area contributed by atoms with Gasteiger partial charge in [0, 0.05) is 16.8 Å². The van der Waals surface area contributed by atoms with E-state index in [1.54, 1.807) is 12.1 Å². The number of benzene rings is 2. The largest absolute Gasteiger partial charge is 0.493 e. The Balaban J connectivity index is 1.82. The second kappa shape index (κ2) is 8.06. The van der Waals surface area contributed by atoms with Gasteiger partial charge in [-0.15, -0.1) is 0 Å². The molecule has 0 saturated heterocycles. The molecule has 2 aromatic carbocycles. The van der Waals surface area contributed by atoms with Crippen molar-refractivity contribution in [2.45, 2.75) is 40.5 Å². The summed E-state index contributed by atoms with van der Waals surface area (Å²) < 4.78 is 5.88. The van der Waals surface area contributed by atoms with Crippen molar-refractivity contribution < 1.29 is 9.53 Å². The van der Waals surface area contributed by atoms with Crippen LogP contribution in [-0.2, 0) is 4.79 Å². The number of anilines is 2. The van der Waals surface area contributed by atoms with Gasteiger partial charge in [-0.1, -0.05) is 26.0 Å². The molecule has 4 nitrogen and oxygen atoms in total. The van der Waals surface area contributed by atoms with E-state index in [1.165, 1.54) is 5.56 Å². The van der Waals surface area contributed by atoms with Crippen LogP contribution < -0.4 is 15.8 Å². The van der Waals surface area contributed by atoms with Crippen LogP contribution in [0.1, 0.15) is 37.8 Å². The predicted octanol–water partition coefficient (Wildman–Crippen LogP) is 4.71. The number of aryl methyl sites for hydroxylation is 2. The molecule has 0 spiro atoms. The van der Waals surface area contributed by atoms with E-state index < -0.39 is 5.41 Å². The Morgan fingerprint density at radius 1 is 1.12 bits per heavy atom. The quantitative estimate of drug-likeness (QED) is 0.567. The minimum Gasteiger partial charge on any atom is -0.493 e. The molecule has 2 rings (SSSR count). The number of hydrogen-bond donors (Lipinski definition) is 2. The van der Waals surface area contributed by atoms with Crippen LogP contribution in [0, 0.1) is 19.3 Å². The topological polar surface area (TPSA) is 64.3 Å². The van der Waals surface area contributed by atoms with Crippen LogP contribution in [0.25, 0.3) is 0 Å². The molecule has 3 N–H and O–H groups in total. The number of nitrogens with two attached hydrogens (primary N) is 1. The third-order valence-corrected chi connectivity index (χ3v) is 4.33. The van der Waals surface area contributed by atoms with Crippen LogP contribution in [0.3, 0.4) is 0 Å². The van der Waals surface area contributed by atoms with Gasteiger partial charge >= 0.3 is 0 Å². The number of ether oxygens (including phenoxy) is 1. The number of nitrogen functional groups attached to an aromatic ring is 1. The summed E-state index contributed by atoms with van der Waals surface area (Å²) in [6.07, 6.45) is 1.56. The van der Waals surface area contributed by atoms with E-state index in [1.807, 2.05) is 39.0 Å². The Hall–Kier alpha value is -2.49. The highest BCUT2D eigenvalue weighted by atomic mass is 16.5. The third-order valence-electron chi connectivity index (χ3n) is 4.33. The lowest BCUT2D eigenvalue weighted by atomic mass is 9.87. The van der Waals surface area contributed by atoms with Crippen molar-refractivity contribution in [1.82, 2.24) is 0 Å². The van der Waals surface area contributed by atoms with Crippen molar-refractivity contribution in [3.63, 3.8) is 0 Å². The summed E-state index contributed by atoms with van der Waals surface area (Å²) in [4.78, 5) is 12.5. The van der Waals surface area contributed by atoms with Crippen LogP contribution in [0.5, 0.6) is 5.75 Å². The van der Waals surface area contributed by atoms with Gasteiger partial charge in [0.2, 0.25) is 5.91 Å². The lowest BCUT2D eigenvalue weighted by molar-refractivity contribution is -0.124. The summed E-state index contributed by atoms with van der Waals surface area (Å²) in [5.41, 5.74) is 8.96. The summed E-state index contributed by atoms with van der Waals surface area (Å²) in [6.45, 7) is 8.60. The normalized spacial score (nSPS) is 11.2. The Morgan fingerprint density at radius 2 is 1.80 bits per heavy atom. The van der Waals surface area contributed by atoms with E-state index in [0.717, 1.165) is 29.8 Å². The first-order valence-electron chi connectivity index (χ1n) is 8.65. The molecule has 0 radical (unpaired) electrons. The van der Waals surface area contributed by atoms with Gasteiger partial charge < -0.3 is 15.8 Å². The lowest BCUT2D eigenvalue weighted by Crippen LogP contribution is -2.31. The van der Waals surface area contributed by atoms with Crippen LogP contribution >= 0.6 is 0 Å². The zero-order valence-electron chi connectivity index (χ0n) is 15.6. The Bertz CT molecular complexity index is 721. The molecule has 0 aliphatic rings. The molecule has 0 aromatic heterocycles. The highest BCUT2D eigenvalue weighted by molar-refractivity contribution is 5.94. The van der Waals surface area contributed by atoms with E-state index in [9.17, 15) is 4.79 Å². The van der Waals surface area contributed by atoms with Crippen molar-refractivity contribution in [2.75, 3.05) is 17.7 Å². The average Bonchev–Trinajstić information content (AvgIpc) is 2.56. The van der Waals surface area contributed by atoms with Crippen molar-refractivity contribution in [3.8, 4) is 5.75 Å². The highest BCUT2D eigenvalue weighted by Gasteiger charge is 2.27. The number of hydrogen-bond acceptors (Lipinski definition) is 3. The van der Waals surface area contributed by atoms with Gasteiger partial charge in [0.25, 0.3) is 0 Å². The van der Waals surface area contributed by atoms with Gasteiger partial charge in [-0.05, 0) is 68.1 Å². The highest BCUT2D eigenvalue weighted by Crippen LogP contribution is 2.26. The van der Waals surface area contributed by atoms with Crippen LogP contribution in [0.4, 0.5) is 11.4 Å². The molecule has 4 heteroatoms. The second-order valence-corrected chi connectivity index (χ2v) is 7.18. The molecule has 2 aromatic rings. The third kappa shape index (κ3) is 5.52. The molecule has 0 heterocycles. The molecule has 0 unspecified atom stereocenters. The fourth-order valence-electron chi connectivity index (χ4n) is 2.54. The summed E-state index contributed by atoms with van der Waals surface area (Å²) >= 11 is 0. The van der Waals surface area contributed by atoms with Crippen LogP contribution in [-0.4, -0.2) is 12.5 Å². The number of rotatable bonds is 7. The lowest BCUT2D eigenvalue weighted by Gasteiger charge is -2.23. The number of carbonyl (C=O) groups excluding carboxylic acids is 1. The zero-order valence-corrected chi connectivity index (χ0v) is 15.6. The van der Waals surface area contributed by atoms with E-state index in [2.05, 4.69) is 24.4 Å². The molecular weight excluding hydrogens is 312 g/mol. The predicted molar refractivity (Wildman–Crippen MR) is 104 cm³/mol. The molecule has 134 valence electrons. The Labute approximate surface area is 150 Å². The van der Waals surface area contributed by atoms with Gasteiger partial charge in [0.15, 0.2) is 0 Å². The smallest absolute Gasteiger partial charge is 0.230 e. The first kappa shape index (κ1) is 18.8. The molecule has 0 bridgehead atoms. The standard InChI is InChI=1S/C21H28N2O2/c1-15-6-7-16(2)19(14-15)25-13-5-12-21(3,4)20(24)23-18-10-8-17(22)9-11-18/h6-11,14H,5,12-13,22H2,1-4H3,(H,23,24). The molecule has 1 amide bonds. The van der Waals surface area contributed by atoms with E-state index in [4.69, 9.17) is 10.5 Å². The minimum absolute atomic E-state index is 0.00371. The van der Waals surface area contributed by atoms with E-state index in [-0.39, 0.29) is 5.91 Å². The monoisotopic (exact) mass is 340 g/mol. The van der Waals surface area contributed by atoms with Crippen LogP contribution in [0.2, 0.25) is 0 Å². The minimum atomic E-state index is -0.466. The Morgan fingerprint density at radius 3 is 2.48 bits per heavy atom. The fraction of sp³-hybridized carbons (Fsp3) is 0.381. The molecule has 25 heavy (non-hydrogen) atoms. The van der Waals surface area contributed by atoms with Crippen molar-refractivity contribution in [1.29, 1.82) is 0 Å². The first-order valence-corrected chi connectivity index (χ1v) is 8.65. The fourth-order valence-corrected chi connectivity index (χ4v) is 2.54. The zero-order chi connectivity index (χ0) is 18.4. The maximum Gasteiger partial charge on any atom is 0.230 e. The summed E-state index contributed by atoms with van der Waals surface area (Å²) in [7, 11) is 0. The van der Waals surface area contributed by atoms with Gasteiger partial charge in [-0.2, -0.15) is 0 Å². The van der Waals surface area contributed by atoms with Gasteiger partial charge in [0.05, 0.1) is 6.61 Å². The Kier molecular flexibility index (Phi) is 6.07. The molecule has 0 saturated carbocycles.